The Morgan fingerprint density at radius 2 is 1.95 bits per heavy atom. The molecule has 2 rings (SSSR count). The number of benzene rings is 1. The fourth-order valence-electron chi connectivity index (χ4n) is 1.69. The monoisotopic (exact) mass is 319 g/mol. The van der Waals surface area contributed by atoms with Crippen molar-refractivity contribution in [2.45, 2.75) is 0 Å². The lowest BCUT2D eigenvalue weighted by Crippen LogP contribution is -2.22. The summed E-state index contributed by atoms with van der Waals surface area (Å²) in [4.78, 5) is 22.5. The molecular weight excluding hydrogens is 302 g/mol. The smallest absolute Gasteiger partial charge is 0.274 e. The standard InChI is InChI=1S/C15H18ClN5O/c1-21(2)10-9-18-15-17-8-7-13(20-15)14(22)19-12-5-3-11(16)4-6-12/h3-8H,9-10H2,1-2H3,(H,19,22)(H,17,18,20). The number of halogens is 1. The lowest BCUT2D eigenvalue weighted by atomic mass is 10.3. The van der Waals surface area contributed by atoms with Crippen molar-refractivity contribution in [1.29, 1.82) is 0 Å². The molecule has 1 aromatic heterocycles. The molecule has 1 heterocycles. The molecular formula is C15H18ClN5O. The van der Waals surface area contributed by atoms with Crippen LogP contribution >= 0.6 is 11.6 Å². The highest BCUT2D eigenvalue weighted by atomic mass is 35.5. The number of nitrogens with one attached hydrogen (secondary N) is 2. The molecule has 22 heavy (non-hydrogen) atoms. The third-order valence-electron chi connectivity index (χ3n) is 2.83. The van der Waals surface area contributed by atoms with Crippen molar-refractivity contribution in [3.05, 3.63) is 47.2 Å². The molecule has 0 fully saturated rings. The molecule has 0 radical (unpaired) electrons. The molecule has 0 aliphatic heterocycles. The number of rotatable bonds is 6. The van der Waals surface area contributed by atoms with E-state index in [9.17, 15) is 4.79 Å². The van der Waals surface area contributed by atoms with Crippen LogP contribution in [0.5, 0.6) is 0 Å². The first-order chi connectivity index (χ1) is 10.5. The molecule has 1 amide bonds. The average molecular weight is 320 g/mol. The van der Waals surface area contributed by atoms with Crippen LogP contribution in [-0.4, -0.2) is 48.0 Å². The van der Waals surface area contributed by atoms with Crippen LogP contribution < -0.4 is 10.6 Å². The van der Waals surface area contributed by atoms with Crippen molar-refractivity contribution < 1.29 is 4.79 Å². The van der Waals surface area contributed by atoms with Gasteiger partial charge in [-0.25, -0.2) is 9.97 Å². The van der Waals surface area contributed by atoms with Gasteiger partial charge in [-0.15, -0.1) is 0 Å². The first kappa shape index (κ1) is 16.2. The van der Waals surface area contributed by atoms with E-state index in [1.54, 1.807) is 36.5 Å². The van der Waals surface area contributed by atoms with Gasteiger partial charge in [-0.2, -0.15) is 0 Å². The molecule has 0 bridgehead atoms. The summed E-state index contributed by atoms with van der Waals surface area (Å²) in [6.45, 7) is 1.56. The zero-order chi connectivity index (χ0) is 15.9. The van der Waals surface area contributed by atoms with Crippen molar-refractivity contribution >= 4 is 29.1 Å². The maximum atomic E-state index is 12.2. The molecule has 0 unspecified atom stereocenters. The number of hydrogen-bond donors (Lipinski definition) is 2. The quantitative estimate of drug-likeness (QED) is 0.855. The Bertz CT molecular complexity index is 630. The number of aromatic nitrogens is 2. The summed E-state index contributed by atoms with van der Waals surface area (Å²) < 4.78 is 0. The average Bonchev–Trinajstić information content (AvgIpc) is 2.49. The van der Waals surface area contributed by atoms with E-state index in [-0.39, 0.29) is 5.91 Å². The van der Waals surface area contributed by atoms with Gasteiger partial charge >= 0.3 is 0 Å². The van der Waals surface area contributed by atoms with Gasteiger partial charge in [0.05, 0.1) is 0 Å². The van der Waals surface area contributed by atoms with Crippen molar-refractivity contribution in [1.82, 2.24) is 14.9 Å². The van der Waals surface area contributed by atoms with Crippen LogP contribution in [0, 0.1) is 0 Å². The van der Waals surface area contributed by atoms with Gasteiger partial charge in [0, 0.05) is 30.0 Å². The third-order valence-corrected chi connectivity index (χ3v) is 3.08. The van der Waals surface area contributed by atoms with Gasteiger partial charge < -0.3 is 15.5 Å². The van der Waals surface area contributed by atoms with Crippen LogP contribution in [-0.2, 0) is 0 Å². The summed E-state index contributed by atoms with van der Waals surface area (Å²) >= 11 is 5.81. The topological polar surface area (TPSA) is 70.2 Å². The fraction of sp³-hybridized carbons (Fsp3) is 0.267. The van der Waals surface area contributed by atoms with E-state index in [4.69, 9.17) is 11.6 Å². The first-order valence-electron chi connectivity index (χ1n) is 6.83. The number of nitrogens with zero attached hydrogens (tertiary/aromatic N) is 3. The second kappa shape index (κ2) is 7.72. The number of hydrogen-bond acceptors (Lipinski definition) is 5. The summed E-state index contributed by atoms with van der Waals surface area (Å²) in [7, 11) is 3.97. The molecule has 2 N–H and O–H groups in total. The minimum Gasteiger partial charge on any atom is -0.353 e. The van der Waals surface area contributed by atoms with Crippen LogP contribution in [0.3, 0.4) is 0 Å². The Morgan fingerprint density at radius 3 is 2.64 bits per heavy atom. The predicted octanol–water partition coefficient (Wildman–Crippen LogP) is 2.36. The first-order valence-corrected chi connectivity index (χ1v) is 7.21. The van der Waals surface area contributed by atoms with Gasteiger partial charge in [-0.05, 0) is 44.4 Å². The van der Waals surface area contributed by atoms with Crippen LogP contribution in [0.15, 0.2) is 36.5 Å². The highest BCUT2D eigenvalue weighted by molar-refractivity contribution is 6.30. The molecule has 0 saturated heterocycles. The number of carbonyl (C=O) groups excluding carboxylic acids is 1. The largest absolute Gasteiger partial charge is 0.353 e. The fourth-order valence-corrected chi connectivity index (χ4v) is 1.82. The van der Waals surface area contributed by atoms with Gasteiger partial charge in [-0.1, -0.05) is 11.6 Å². The van der Waals surface area contributed by atoms with E-state index in [2.05, 4.69) is 20.6 Å². The van der Waals surface area contributed by atoms with E-state index in [1.807, 2.05) is 19.0 Å². The predicted molar refractivity (Wildman–Crippen MR) is 88.5 cm³/mol. The maximum Gasteiger partial charge on any atom is 0.274 e. The zero-order valence-electron chi connectivity index (χ0n) is 12.5. The third kappa shape index (κ3) is 4.98. The van der Waals surface area contributed by atoms with Gasteiger partial charge in [0.2, 0.25) is 5.95 Å². The summed E-state index contributed by atoms with van der Waals surface area (Å²) in [5, 5.41) is 6.46. The molecule has 0 aliphatic carbocycles. The lowest BCUT2D eigenvalue weighted by molar-refractivity contribution is 0.102. The highest BCUT2D eigenvalue weighted by Gasteiger charge is 2.09. The number of carbonyl (C=O) groups is 1. The molecule has 0 spiro atoms. The number of likely N-dealkylation sites (N-methyl/N-ethyl adjacent to an activating group) is 1. The Labute approximate surface area is 134 Å². The summed E-state index contributed by atoms with van der Waals surface area (Å²) in [5.74, 6) is 0.144. The van der Waals surface area contributed by atoms with Crippen molar-refractivity contribution in [2.75, 3.05) is 37.8 Å². The molecule has 7 heteroatoms. The van der Waals surface area contributed by atoms with Crippen LogP contribution in [0.2, 0.25) is 5.02 Å². The normalized spacial score (nSPS) is 10.5. The van der Waals surface area contributed by atoms with Crippen LogP contribution in [0.25, 0.3) is 0 Å². The SMILES string of the molecule is CN(C)CCNc1nccc(C(=O)Nc2ccc(Cl)cc2)n1. The van der Waals surface area contributed by atoms with Gasteiger partial charge in [0.1, 0.15) is 5.69 Å². The second-order valence-electron chi connectivity index (χ2n) is 4.96. The number of amides is 1. The van der Waals surface area contributed by atoms with E-state index >= 15 is 0 Å². The maximum absolute atomic E-state index is 12.2. The summed E-state index contributed by atoms with van der Waals surface area (Å²) in [6, 6.07) is 8.47. The Hall–Kier alpha value is -2.18. The molecule has 0 saturated carbocycles. The van der Waals surface area contributed by atoms with E-state index < -0.39 is 0 Å². The van der Waals surface area contributed by atoms with Crippen LogP contribution in [0.4, 0.5) is 11.6 Å². The Balaban J connectivity index is 1.99. The van der Waals surface area contributed by atoms with Gasteiger partial charge in [-0.3, -0.25) is 4.79 Å². The Kier molecular flexibility index (Phi) is 5.68. The molecule has 2 aromatic rings. The second-order valence-corrected chi connectivity index (χ2v) is 5.39. The molecule has 6 nitrogen and oxygen atoms in total. The van der Waals surface area contributed by atoms with Crippen molar-refractivity contribution in [3.8, 4) is 0 Å². The highest BCUT2D eigenvalue weighted by Crippen LogP contribution is 2.14. The molecule has 116 valence electrons. The minimum absolute atomic E-state index is 0.291. The molecule has 1 aromatic carbocycles. The molecule has 0 aliphatic rings. The van der Waals surface area contributed by atoms with E-state index in [0.29, 0.717) is 28.9 Å². The number of anilines is 2. The minimum atomic E-state index is -0.291. The summed E-state index contributed by atoms with van der Waals surface area (Å²) in [5.41, 5.74) is 0.965. The van der Waals surface area contributed by atoms with Crippen LogP contribution in [0.1, 0.15) is 10.5 Å². The Morgan fingerprint density at radius 1 is 1.23 bits per heavy atom. The van der Waals surface area contributed by atoms with Crippen molar-refractivity contribution in [3.63, 3.8) is 0 Å². The van der Waals surface area contributed by atoms with E-state index in [0.717, 1.165) is 6.54 Å². The zero-order valence-corrected chi connectivity index (χ0v) is 13.3. The lowest BCUT2D eigenvalue weighted by Gasteiger charge is -2.10. The van der Waals surface area contributed by atoms with E-state index in [1.165, 1.54) is 0 Å². The molecule has 0 atom stereocenters. The van der Waals surface area contributed by atoms with Gasteiger partial charge in [0.25, 0.3) is 5.91 Å². The summed E-state index contributed by atoms with van der Waals surface area (Å²) in [6.07, 6.45) is 1.56. The van der Waals surface area contributed by atoms with Crippen molar-refractivity contribution in [2.24, 2.45) is 0 Å². The van der Waals surface area contributed by atoms with Gasteiger partial charge in [0.15, 0.2) is 0 Å².